The topological polar surface area (TPSA) is 93.2 Å². The molecule has 3 heterocycles. The third-order valence-corrected chi connectivity index (χ3v) is 6.64. The lowest BCUT2D eigenvalue weighted by atomic mass is 10.0. The summed E-state index contributed by atoms with van der Waals surface area (Å²) in [4.78, 5) is 17.2. The summed E-state index contributed by atoms with van der Waals surface area (Å²) >= 11 is 0. The highest BCUT2D eigenvalue weighted by molar-refractivity contribution is 6.26. The number of carbonyl (C=O) groups is 1. The lowest BCUT2D eigenvalue weighted by Crippen LogP contribution is -2.24. The van der Waals surface area contributed by atoms with E-state index >= 15 is 0 Å². The van der Waals surface area contributed by atoms with Gasteiger partial charge in [-0.2, -0.15) is 0 Å². The van der Waals surface area contributed by atoms with E-state index in [1.54, 1.807) is 30.3 Å². The molecule has 7 heteroatoms. The molecule has 6 rings (SSSR count). The zero-order valence-corrected chi connectivity index (χ0v) is 19.8. The van der Waals surface area contributed by atoms with Gasteiger partial charge in [0.05, 0.1) is 5.69 Å². The van der Waals surface area contributed by atoms with Gasteiger partial charge in [-0.25, -0.2) is 9.37 Å². The zero-order chi connectivity index (χ0) is 25.0. The molecule has 2 bridgehead atoms. The van der Waals surface area contributed by atoms with Gasteiger partial charge in [-0.15, -0.1) is 0 Å². The number of rotatable bonds is 5. The minimum Gasteiger partial charge on any atom is -0.455 e. The number of halogens is 1. The molecule has 36 heavy (non-hydrogen) atoms. The number of pyridine rings is 1. The van der Waals surface area contributed by atoms with Crippen LogP contribution in [0.15, 0.2) is 71.1 Å². The summed E-state index contributed by atoms with van der Waals surface area (Å²) < 4.78 is 20.2. The minimum atomic E-state index is -0.313. The Bertz CT molecular complexity index is 1770. The van der Waals surface area contributed by atoms with E-state index in [-0.39, 0.29) is 11.7 Å². The Kier molecular flexibility index (Phi) is 5.00. The van der Waals surface area contributed by atoms with Crippen LogP contribution in [0.5, 0.6) is 0 Å². The number of hydrogen-bond donors (Lipinski definition) is 3. The highest BCUT2D eigenvalue weighted by Gasteiger charge is 2.19. The number of carbonyl (C=O) groups excluding carboxylic acids is 1. The number of amides is 1. The normalized spacial score (nSPS) is 11.5. The number of aryl methyl sites for hydroxylation is 2. The van der Waals surface area contributed by atoms with E-state index in [1.165, 1.54) is 6.07 Å². The van der Waals surface area contributed by atoms with Crippen molar-refractivity contribution in [2.75, 3.05) is 11.1 Å². The summed E-state index contributed by atoms with van der Waals surface area (Å²) in [5, 5.41) is 9.84. The first-order valence-corrected chi connectivity index (χ1v) is 11.6. The molecule has 0 atom stereocenters. The van der Waals surface area contributed by atoms with Crippen LogP contribution in [0.3, 0.4) is 0 Å². The molecule has 3 aromatic heterocycles. The van der Waals surface area contributed by atoms with Gasteiger partial charge < -0.3 is 20.8 Å². The van der Waals surface area contributed by atoms with Crippen LogP contribution in [-0.2, 0) is 6.54 Å². The van der Waals surface area contributed by atoms with Gasteiger partial charge in [0.1, 0.15) is 22.8 Å². The second kappa shape index (κ2) is 8.23. The molecule has 4 N–H and O–H groups in total. The molecule has 0 fully saturated rings. The third kappa shape index (κ3) is 3.56. The van der Waals surface area contributed by atoms with Crippen LogP contribution in [0.1, 0.15) is 27.2 Å². The first-order valence-electron chi connectivity index (χ1n) is 11.6. The predicted octanol–water partition coefficient (Wildman–Crippen LogP) is 6.58. The van der Waals surface area contributed by atoms with Crippen LogP contribution in [0.4, 0.5) is 21.6 Å². The summed E-state index contributed by atoms with van der Waals surface area (Å²) in [5.74, 6) is -0.0166. The summed E-state index contributed by atoms with van der Waals surface area (Å²) in [6.07, 6.45) is 0. The maximum Gasteiger partial charge on any atom is 0.251 e. The fraction of sp³-hybridized carbons (Fsp3) is 0.103. The molecule has 6 nitrogen and oxygen atoms in total. The molecule has 0 saturated heterocycles. The van der Waals surface area contributed by atoms with E-state index in [0.717, 1.165) is 55.2 Å². The van der Waals surface area contributed by atoms with Gasteiger partial charge in [0, 0.05) is 45.0 Å². The van der Waals surface area contributed by atoms with Crippen molar-refractivity contribution in [3.05, 3.63) is 94.9 Å². The number of fused-ring (bicyclic) bond motifs is 8. The van der Waals surface area contributed by atoms with E-state index < -0.39 is 0 Å². The molecule has 1 amide bonds. The predicted molar refractivity (Wildman–Crippen MR) is 141 cm³/mol. The van der Waals surface area contributed by atoms with Crippen LogP contribution >= 0.6 is 0 Å². The molecule has 0 unspecified atom stereocenters. The van der Waals surface area contributed by atoms with Crippen molar-refractivity contribution in [2.45, 2.75) is 20.4 Å². The molecule has 0 aliphatic heterocycles. The van der Waals surface area contributed by atoms with E-state index in [0.29, 0.717) is 23.6 Å². The standard InChI is InChI=1S/C29H23FN4O2/c1-15-11-26(31)33-16(2)23(15)14-32-29(35)17-7-9-19-21(12-17)27-20-10-8-18(13-22(20)28(19)36-27)34-25-6-4-3-5-24(25)30/h3-13,34H,14H2,1-2H3,(H2,31,33)(H,32,35). The number of furan rings is 2. The van der Waals surface area contributed by atoms with Gasteiger partial charge in [0.2, 0.25) is 0 Å². The van der Waals surface area contributed by atoms with Crippen molar-refractivity contribution in [3.8, 4) is 0 Å². The fourth-order valence-corrected chi connectivity index (χ4v) is 4.84. The number of hydrogen-bond acceptors (Lipinski definition) is 5. The number of para-hydroxylation sites is 1. The Morgan fingerprint density at radius 1 is 0.944 bits per heavy atom. The summed E-state index contributed by atoms with van der Waals surface area (Å²) in [6.45, 7) is 4.21. The van der Waals surface area contributed by atoms with Crippen molar-refractivity contribution in [1.82, 2.24) is 10.3 Å². The van der Waals surface area contributed by atoms with Crippen molar-refractivity contribution in [2.24, 2.45) is 0 Å². The smallest absolute Gasteiger partial charge is 0.251 e. The van der Waals surface area contributed by atoms with E-state index in [4.69, 9.17) is 10.2 Å². The zero-order valence-electron chi connectivity index (χ0n) is 19.8. The lowest BCUT2D eigenvalue weighted by molar-refractivity contribution is 0.0951. The molecule has 0 saturated carbocycles. The van der Waals surface area contributed by atoms with Gasteiger partial charge in [-0.05, 0) is 79.6 Å². The molecule has 6 aromatic rings. The van der Waals surface area contributed by atoms with Crippen molar-refractivity contribution in [3.63, 3.8) is 0 Å². The number of benzene rings is 4. The first kappa shape index (κ1) is 21.9. The van der Waals surface area contributed by atoms with Gasteiger partial charge in [0.15, 0.2) is 0 Å². The number of nitrogens with zero attached hydrogens (tertiary/aromatic N) is 1. The largest absolute Gasteiger partial charge is 0.455 e. The van der Waals surface area contributed by atoms with Crippen molar-refractivity contribution >= 4 is 55.8 Å². The van der Waals surface area contributed by atoms with Crippen LogP contribution < -0.4 is 16.4 Å². The summed E-state index contributed by atoms with van der Waals surface area (Å²) in [7, 11) is 0. The molecule has 0 radical (unpaired) electrons. The quantitative estimate of drug-likeness (QED) is 0.243. The van der Waals surface area contributed by atoms with E-state index in [9.17, 15) is 9.18 Å². The summed E-state index contributed by atoms with van der Waals surface area (Å²) in [5.41, 5.74) is 11.8. The van der Waals surface area contributed by atoms with E-state index in [1.807, 2.05) is 44.2 Å². The number of nitrogen functional groups attached to an aromatic ring is 1. The molecular weight excluding hydrogens is 455 g/mol. The van der Waals surface area contributed by atoms with Gasteiger partial charge >= 0.3 is 0 Å². The Balaban J connectivity index is 1.30. The third-order valence-electron chi connectivity index (χ3n) is 6.64. The van der Waals surface area contributed by atoms with Crippen molar-refractivity contribution < 1.29 is 13.6 Å². The monoisotopic (exact) mass is 478 g/mol. The maximum absolute atomic E-state index is 14.1. The number of nitrogens with one attached hydrogen (secondary N) is 2. The van der Waals surface area contributed by atoms with Gasteiger partial charge in [-0.1, -0.05) is 12.1 Å². The van der Waals surface area contributed by atoms with Crippen LogP contribution in [0, 0.1) is 19.7 Å². The average molecular weight is 479 g/mol. The van der Waals surface area contributed by atoms with Crippen LogP contribution in [0.2, 0.25) is 0 Å². The van der Waals surface area contributed by atoms with Crippen molar-refractivity contribution in [1.29, 1.82) is 0 Å². The molecular formula is C29H23FN4O2. The Hall–Kier alpha value is -4.65. The Morgan fingerprint density at radius 2 is 1.67 bits per heavy atom. The first-order chi connectivity index (χ1) is 17.4. The number of aromatic nitrogens is 1. The molecule has 0 aliphatic carbocycles. The molecule has 0 spiro atoms. The summed E-state index contributed by atoms with van der Waals surface area (Å²) in [6, 6.07) is 19.7. The van der Waals surface area contributed by atoms with Gasteiger partial charge in [-0.3, -0.25) is 4.79 Å². The van der Waals surface area contributed by atoms with Crippen LogP contribution in [-0.4, -0.2) is 10.9 Å². The maximum atomic E-state index is 14.1. The SMILES string of the molecule is Cc1cc(N)nc(C)c1CNC(=O)c1ccc2c(c1)c1oc2c2cc(Nc3ccccc3F)ccc21. The minimum absolute atomic E-state index is 0.175. The second-order valence-electron chi connectivity index (χ2n) is 9.00. The fourth-order valence-electron chi connectivity index (χ4n) is 4.84. The van der Waals surface area contributed by atoms with E-state index in [2.05, 4.69) is 15.6 Å². The number of anilines is 3. The van der Waals surface area contributed by atoms with Gasteiger partial charge in [0.25, 0.3) is 5.91 Å². The Labute approximate surface area is 206 Å². The molecule has 0 aliphatic rings. The highest BCUT2D eigenvalue weighted by Crippen LogP contribution is 2.42. The lowest BCUT2D eigenvalue weighted by Gasteiger charge is -2.12. The number of nitrogens with two attached hydrogens (primary N) is 1. The molecule has 178 valence electrons. The Morgan fingerprint density at radius 3 is 2.42 bits per heavy atom. The van der Waals surface area contributed by atoms with Crippen LogP contribution in [0.25, 0.3) is 32.7 Å². The highest BCUT2D eigenvalue weighted by atomic mass is 19.1. The average Bonchev–Trinajstić information content (AvgIpc) is 3.41. The molecule has 3 aromatic carbocycles. The second-order valence-corrected chi connectivity index (χ2v) is 9.00.